The zero-order chi connectivity index (χ0) is 24.3. The van der Waals surface area contributed by atoms with Gasteiger partial charge in [0.25, 0.3) is 0 Å². The average Bonchev–Trinajstić information content (AvgIpc) is 3.14. The van der Waals surface area contributed by atoms with E-state index in [4.69, 9.17) is 14.2 Å². The van der Waals surface area contributed by atoms with Gasteiger partial charge in [-0.2, -0.15) is 13.2 Å². The number of ether oxygens (including phenoxy) is 3. The van der Waals surface area contributed by atoms with E-state index in [2.05, 4.69) is 10.2 Å². The Morgan fingerprint density at radius 1 is 1.09 bits per heavy atom. The van der Waals surface area contributed by atoms with Crippen LogP contribution in [0.4, 0.5) is 13.2 Å². The summed E-state index contributed by atoms with van der Waals surface area (Å²) in [7, 11) is 2.96. The summed E-state index contributed by atoms with van der Waals surface area (Å²) in [6, 6.07) is 3.78. The van der Waals surface area contributed by atoms with Gasteiger partial charge in [0.15, 0.2) is 12.4 Å². The monoisotopic (exact) mass is 477 g/mol. The smallest absolute Gasteiger partial charge is 0.416 e. The Bertz CT molecular complexity index is 1250. The van der Waals surface area contributed by atoms with E-state index < -0.39 is 17.3 Å². The fourth-order valence-electron chi connectivity index (χ4n) is 5.69. The normalized spacial score (nSPS) is 24.2. The number of nitrogens with zero attached hydrogens (tertiary/aromatic N) is 3. The van der Waals surface area contributed by atoms with Crippen molar-refractivity contribution < 1.29 is 32.5 Å². The van der Waals surface area contributed by atoms with Crippen molar-refractivity contribution >= 4 is 11.0 Å². The molecular weight excluding hydrogens is 451 g/mol. The van der Waals surface area contributed by atoms with Crippen LogP contribution in [0.25, 0.3) is 22.3 Å². The highest BCUT2D eigenvalue weighted by Crippen LogP contribution is 2.58. The van der Waals surface area contributed by atoms with Crippen LogP contribution in [0.5, 0.6) is 11.5 Å². The molecule has 3 aromatic rings. The van der Waals surface area contributed by atoms with Gasteiger partial charge in [0.2, 0.25) is 0 Å². The molecule has 0 radical (unpaired) electrons. The SMILES string of the molecule is COCOc1cc(C(F)(F)F)cc(C)c1-c1cc2c(OC)cn(C34CCCC(O)(C3)C4)c2nn1. The number of fused-ring (bicyclic) bond motifs is 3. The Morgan fingerprint density at radius 2 is 1.85 bits per heavy atom. The van der Waals surface area contributed by atoms with Gasteiger partial charge in [-0.15, -0.1) is 10.2 Å². The molecule has 3 fully saturated rings. The molecule has 2 heterocycles. The predicted octanol–water partition coefficient (Wildman–Crippen LogP) is 4.82. The second-order valence-electron chi connectivity index (χ2n) is 9.41. The van der Waals surface area contributed by atoms with Crippen molar-refractivity contribution in [1.82, 2.24) is 14.8 Å². The minimum atomic E-state index is -4.52. The first-order valence-electron chi connectivity index (χ1n) is 11.1. The molecule has 0 aliphatic heterocycles. The van der Waals surface area contributed by atoms with Crippen LogP contribution in [0.3, 0.4) is 0 Å². The Kier molecular flexibility index (Phi) is 5.29. The van der Waals surface area contributed by atoms with Crippen molar-refractivity contribution in [3.05, 3.63) is 35.5 Å². The number of hydrogen-bond acceptors (Lipinski definition) is 6. The molecule has 3 aliphatic carbocycles. The summed E-state index contributed by atoms with van der Waals surface area (Å²) in [4.78, 5) is 0. The summed E-state index contributed by atoms with van der Waals surface area (Å²) in [6.45, 7) is 1.36. The molecule has 2 bridgehead atoms. The molecule has 0 saturated heterocycles. The molecule has 1 N–H and O–H groups in total. The molecule has 6 rings (SSSR count). The number of aryl methyl sites for hydroxylation is 1. The predicted molar refractivity (Wildman–Crippen MR) is 118 cm³/mol. The third-order valence-corrected chi connectivity index (χ3v) is 7.06. The minimum Gasteiger partial charge on any atom is -0.494 e. The number of hydrogen-bond donors (Lipinski definition) is 1. The molecule has 0 atom stereocenters. The lowest BCUT2D eigenvalue weighted by Crippen LogP contribution is -2.60. The number of rotatable bonds is 6. The van der Waals surface area contributed by atoms with Crippen LogP contribution in [0, 0.1) is 6.92 Å². The summed E-state index contributed by atoms with van der Waals surface area (Å²) in [5.74, 6) is 0.599. The summed E-state index contributed by atoms with van der Waals surface area (Å²) in [5, 5.41) is 20.2. The second-order valence-corrected chi connectivity index (χ2v) is 9.41. The number of aromatic nitrogens is 3. The Balaban J connectivity index is 1.63. The van der Waals surface area contributed by atoms with Crippen molar-refractivity contribution in [2.75, 3.05) is 21.0 Å². The number of aliphatic hydroxyl groups is 1. The molecule has 1 aromatic carbocycles. The van der Waals surface area contributed by atoms with Gasteiger partial charge in [-0.1, -0.05) is 0 Å². The highest BCUT2D eigenvalue weighted by atomic mass is 19.4. The van der Waals surface area contributed by atoms with E-state index in [1.54, 1.807) is 20.1 Å². The molecule has 3 aliphatic rings. The van der Waals surface area contributed by atoms with Crippen LogP contribution in [0.2, 0.25) is 0 Å². The lowest BCUT2D eigenvalue weighted by molar-refractivity contribution is -0.154. The minimum absolute atomic E-state index is 0.0103. The van der Waals surface area contributed by atoms with Crippen molar-refractivity contribution in [2.45, 2.75) is 56.3 Å². The molecule has 0 spiro atoms. The number of alkyl halides is 3. The van der Waals surface area contributed by atoms with E-state index in [1.807, 2.05) is 10.8 Å². The summed E-state index contributed by atoms with van der Waals surface area (Å²) < 4.78 is 58.3. The first-order chi connectivity index (χ1) is 16.1. The number of halogens is 3. The first kappa shape index (κ1) is 22.9. The lowest BCUT2D eigenvalue weighted by atomic mass is 9.56. The molecule has 0 unspecified atom stereocenters. The highest BCUT2D eigenvalue weighted by molar-refractivity contribution is 5.88. The van der Waals surface area contributed by atoms with E-state index >= 15 is 0 Å². The van der Waals surface area contributed by atoms with Crippen LogP contribution in [-0.2, 0) is 16.5 Å². The average molecular weight is 477 g/mol. The maximum atomic E-state index is 13.4. The van der Waals surface area contributed by atoms with Crippen LogP contribution < -0.4 is 9.47 Å². The highest BCUT2D eigenvalue weighted by Gasteiger charge is 2.58. The third-order valence-electron chi connectivity index (χ3n) is 7.06. The fourth-order valence-corrected chi connectivity index (χ4v) is 5.69. The lowest BCUT2D eigenvalue weighted by Gasteiger charge is -2.58. The number of methoxy groups -OCH3 is 2. The Hall–Kier alpha value is -2.85. The van der Waals surface area contributed by atoms with E-state index in [-0.39, 0.29) is 18.1 Å². The summed E-state index contributed by atoms with van der Waals surface area (Å²) in [6.07, 6.45) is 1.34. The summed E-state index contributed by atoms with van der Waals surface area (Å²) >= 11 is 0. The van der Waals surface area contributed by atoms with E-state index in [9.17, 15) is 18.3 Å². The quantitative estimate of drug-likeness (QED) is 0.513. The van der Waals surface area contributed by atoms with E-state index in [0.717, 1.165) is 31.4 Å². The maximum absolute atomic E-state index is 13.4. The van der Waals surface area contributed by atoms with Crippen LogP contribution >= 0.6 is 0 Å². The largest absolute Gasteiger partial charge is 0.494 e. The molecule has 34 heavy (non-hydrogen) atoms. The molecule has 10 heteroatoms. The topological polar surface area (TPSA) is 78.6 Å². The van der Waals surface area contributed by atoms with Gasteiger partial charge in [-0.25, -0.2) is 0 Å². The van der Waals surface area contributed by atoms with Gasteiger partial charge in [0.1, 0.15) is 11.5 Å². The zero-order valence-corrected chi connectivity index (χ0v) is 19.2. The van der Waals surface area contributed by atoms with Gasteiger partial charge in [-0.05, 0) is 62.8 Å². The van der Waals surface area contributed by atoms with Gasteiger partial charge in [0.05, 0.1) is 34.9 Å². The van der Waals surface area contributed by atoms with Crippen molar-refractivity contribution in [1.29, 1.82) is 0 Å². The fraction of sp³-hybridized carbons (Fsp3) is 0.500. The number of benzene rings is 1. The standard InChI is InChI=1S/C24H26F3N3O4/c1-14-7-15(24(25,26)27)8-18(34-13-32-2)20(14)17-9-16-19(33-3)10-30(21(16)29-28-17)22-5-4-6-23(31,11-22)12-22/h7-10,31H,4-6,11-13H2,1-3H3. The Labute approximate surface area is 194 Å². The van der Waals surface area contributed by atoms with Crippen molar-refractivity contribution in [3.63, 3.8) is 0 Å². The van der Waals surface area contributed by atoms with Gasteiger partial charge in [-0.3, -0.25) is 0 Å². The molecule has 182 valence electrons. The van der Waals surface area contributed by atoms with Crippen LogP contribution in [0.15, 0.2) is 24.4 Å². The molecule has 0 amide bonds. The summed E-state index contributed by atoms with van der Waals surface area (Å²) in [5.41, 5.74) is 0.0772. The van der Waals surface area contributed by atoms with E-state index in [1.165, 1.54) is 7.11 Å². The Morgan fingerprint density at radius 3 is 2.50 bits per heavy atom. The van der Waals surface area contributed by atoms with Gasteiger partial charge in [0, 0.05) is 18.9 Å². The second kappa shape index (κ2) is 7.84. The third kappa shape index (κ3) is 3.60. The van der Waals surface area contributed by atoms with Crippen molar-refractivity contribution in [2.24, 2.45) is 0 Å². The molecule has 2 aromatic heterocycles. The van der Waals surface area contributed by atoms with Crippen LogP contribution in [-0.4, -0.2) is 46.5 Å². The van der Waals surface area contributed by atoms with E-state index in [0.29, 0.717) is 46.4 Å². The van der Waals surface area contributed by atoms with Gasteiger partial charge >= 0.3 is 6.18 Å². The maximum Gasteiger partial charge on any atom is 0.416 e. The molecular formula is C24H26F3N3O4. The van der Waals surface area contributed by atoms with Crippen LogP contribution in [0.1, 0.15) is 43.2 Å². The van der Waals surface area contributed by atoms with Crippen molar-refractivity contribution in [3.8, 4) is 22.8 Å². The van der Waals surface area contributed by atoms with Gasteiger partial charge < -0.3 is 23.9 Å². The molecule has 7 nitrogen and oxygen atoms in total. The first-order valence-corrected chi connectivity index (χ1v) is 11.1. The zero-order valence-electron chi connectivity index (χ0n) is 19.2. The molecule has 3 saturated carbocycles.